The first kappa shape index (κ1) is 12.8. The van der Waals surface area contributed by atoms with E-state index in [1.54, 1.807) is 0 Å². The largest absolute Gasteiger partial charge is 0.477 e. The Hall–Kier alpha value is -2.62. The Kier molecular flexibility index (Phi) is 3.61. The Morgan fingerprint density at radius 2 is 1.79 bits per heavy atom. The maximum atomic E-state index is 11.1. The molecule has 0 aliphatic carbocycles. The van der Waals surface area contributed by atoms with Gasteiger partial charge in [0.1, 0.15) is 5.70 Å². The number of amides is 1. The van der Waals surface area contributed by atoms with Gasteiger partial charge in [0.05, 0.1) is 0 Å². The summed E-state index contributed by atoms with van der Waals surface area (Å²) in [7, 11) is 0. The highest BCUT2D eigenvalue weighted by Crippen LogP contribution is 2.20. The zero-order valence-corrected chi connectivity index (χ0v) is 10.4. The number of benzene rings is 2. The minimum absolute atomic E-state index is 0.135. The molecule has 0 radical (unpaired) electrons. The smallest absolute Gasteiger partial charge is 0.352 e. The molecule has 0 bridgehead atoms. The summed E-state index contributed by atoms with van der Waals surface area (Å²) in [4.78, 5) is 22.1. The average molecular weight is 255 g/mol. The van der Waals surface area contributed by atoms with Crippen LogP contribution in [0.15, 0.2) is 48.2 Å². The van der Waals surface area contributed by atoms with E-state index in [0.717, 1.165) is 16.3 Å². The van der Waals surface area contributed by atoms with Crippen LogP contribution in [-0.4, -0.2) is 17.0 Å². The monoisotopic (exact) mass is 255 g/mol. The molecule has 19 heavy (non-hydrogen) atoms. The summed E-state index contributed by atoms with van der Waals surface area (Å²) in [6.45, 7) is 1.28. The van der Waals surface area contributed by atoms with Crippen molar-refractivity contribution in [2.24, 2.45) is 0 Å². The van der Waals surface area contributed by atoms with Crippen molar-refractivity contribution < 1.29 is 14.7 Å². The highest BCUT2D eigenvalue weighted by molar-refractivity contribution is 5.99. The molecule has 0 heterocycles. The molecule has 0 aliphatic heterocycles. The van der Waals surface area contributed by atoms with Crippen LogP contribution < -0.4 is 5.32 Å². The summed E-state index contributed by atoms with van der Waals surface area (Å²) < 4.78 is 0. The van der Waals surface area contributed by atoms with Gasteiger partial charge < -0.3 is 10.4 Å². The maximum Gasteiger partial charge on any atom is 0.352 e. The molecule has 2 aromatic carbocycles. The number of carbonyl (C=O) groups excluding carboxylic acids is 1. The van der Waals surface area contributed by atoms with E-state index in [9.17, 15) is 9.59 Å². The van der Waals surface area contributed by atoms with Gasteiger partial charge in [-0.15, -0.1) is 0 Å². The second kappa shape index (κ2) is 5.35. The number of hydrogen-bond donors (Lipinski definition) is 2. The van der Waals surface area contributed by atoms with Gasteiger partial charge in [-0.05, 0) is 22.4 Å². The van der Waals surface area contributed by atoms with E-state index < -0.39 is 11.9 Å². The highest BCUT2D eigenvalue weighted by atomic mass is 16.4. The van der Waals surface area contributed by atoms with Gasteiger partial charge in [-0.2, -0.15) is 0 Å². The summed E-state index contributed by atoms with van der Waals surface area (Å²) in [5.41, 5.74) is 0.619. The Morgan fingerprint density at radius 3 is 2.47 bits per heavy atom. The second-order valence-electron chi connectivity index (χ2n) is 4.11. The highest BCUT2D eigenvalue weighted by Gasteiger charge is 2.09. The van der Waals surface area contributed by atoms with Crippen LogP contribution in [0.25, 0.3) is 16.8 Å². The van der Waals surface area contributed by atoms with E-state index in [1.165, 1.54) is 13.0 Å². The van der Waals surface area contributed by atoms with Gasteiger partial charge in [0.15, 0.2) is 0 Å². The fraction of sp³-hybridized carbons (Fsp3) is 0.0667. The zero-order chi connectivity index (χ0) is 13.8. The Bertz CT molecular complexity index is 669. The van der Waals surface area contributed by atoms with Crippen molar-refractivity contribution >= 4 is 28.7 Å². The Balaban J connectivity index is 2.54. The number of rotatable bonds is 3. The van der Waals surface area contributed by atoms with Gasteiger partial charge in [-0.25, -0.2) is 4.79 Å². The van der Waals surface area contributed by atoms with E-state index in [1.807, 2.05) is 42.5 Å². The first-order valence-electron chi connectivity index (χ1n) is 5.78. The minimum atomic E-state index is -1.16. The van der Waals surface area contributed by atoms with Gasteiger partial charge >= 0.3 is 5.97 Å². The van der Waals surface area contributed by atoms with E-state index in [0.29, 0.717) is 0 Å². The molecule has 0 unspecified atom stereocenters. The summed E-state index contributed by atoms with van der Waals surface area (Å²) >= 11 is 0. The number of nitrogens with one attached hydrogen (secondary N) is 1. The van der Waals surface area contributed by atoms with Crippen molar-refractivity contribution in [3.05, 3.63) is 53.7 Å². The third-order valence-electron chi connectivity index (χ3n) is 2.66. The van der Waals surface area contributed by atoms with Crippen LogP contribution in [0, 0.1) is 0 Å². The summed E-state index contributed by atoms with van der Waals surface area (Å²) in [6.07, 6.45) is 1.46. The van der Waals surface area contributed by atoms with Crippen molar-refractivity contribution in [2.45, 2.75) is 6.92 Å². The number of hydrogen-bond acceptors (Lipinski definition) is 2. The molecule has 0 aromatic heterocycles. The molecule has 0 atom stereocenters. The number of carboxylic acid groups (broad SMARTS) is 1. The second-order valence-corrected chi connectivity index (χ2v) is 4.11. The zero-order valence-electron chi connectivity index (χ0n) is 10.4. The van der Waals surface area contributed by atoms with Crippen LogP contribution in [0.3, 0.4) is 0 Å². The normalized spacial score (nSPS) is 11.3. The summed E-state index contributed by atoms with van der Waals surface area (Å²) in [5, 5.41) is 13.3. The van der Waals surface area contributed by atoms with Gasteiger partial charge in [-0.1, -0.05) is 42.5 Å². The maximum absolute atomic E-state index is 11.1. The van der Waals surface area contributed by atoms with E-state index in [2.05, 4.69) is 5.32 Å². The molecule has 1 amide bonds. The van der Waals surface area contributed by atoms with Crippen LogP contribution in [0.2, 0.25) is 0 Å². The van der Waals surface area contributed by atoms with Crippen molar-refractivity contribution in [3.63, 3.8) is 0 Å². The molecular weight excluding hydrogens is 242 g/mol. The Labute approximate surface area is 110 Å². The topological polar surface area (TPSA) is 66.4 Å². The van der Waals surface area contributed by atoms with Crippen LogP contribution in [-0.2, 0) is 9.59 Å². The number of carbonyl (C=O) groups is 2. The molecule has 2 rings (SSSR count). The Morgan fingerprint density at radius 1 is 1.11 bits per heavy atom. The molecule has 0 fully saturated rings. The lowest BCUT2D eigenvalue weighted by Crippen LogP contribution is -2.24. The molecule has 0 spiro atoms. The summed E-state index contributed by atoms with van der Waals surface area (Å²) in [6, 6.07) is 13.3. The number of fused-ring (bicyclic) bond motifs is 1. The third kappa shape index (κ3) is 2.98. The molecule has 4 nitrogen and oxygen atoms in total. The van der Waals surface area contributed by atoms with Gasteiger partial charge in [-0.3, -0.25) is 4.79 Å². The lowest BCUT2D eigenvalue weighted by molar-refractivity contribution is -0.134. The first-order valence-corrected chi connectivity index (χ1v) is 5.78. The number of carboxylic acids is 1. The average Bonchev–Trinajstić information content (AvgIpc) is 2.37. The lowest BCUT2D eigenvalue weighted by atomic mass is 10.0. The van der Waals surface area contributed by atoms with Gasteiger partial charge in [0.25, 0.3) is 0 Å². The van der Waals surface area contributed by atoms with E-state index in [4.69, 9.17) is 5.11 Å². The first-order chi connectivity index (χ1) is 9.08. The molecular formula is C15H13NO3. The molecule has 2 N–H and O–H groups in total. The molecule has 0 aliphatic rings. The van der Waals surface area contributed by atoms with Crippen molar-refractivity contribution in [3.8, 4) is 0 Å². The molecule has 0 saturated heterocycles. The quantitative estimate of drug-likeness (QED) is 0.828. The molecule has 96 valence electrons. The van der Waals surface area contributed by atoms with Crippen LogP contribution in [0.5, 0.6) is 0 Å². The predicted octanol–water partition coefficient (Wildman–Crippen LogP) is 2.40. The van der Waals surface area contributed by atoms with Crippen LogP contribution in [0.4, 0.5) is 0 Å². The molecule has 4 heteroatoms. The molecule has 0 saturated carbocycles. The van der Waals surface area contributed by atoms with Crippen LogP contribution in [0.1, 0.15) is 12.5 Å². The third-order valence-corrected chi connectivity index (χ3v) is 2.66. The molecule has 2 aromatic rings. The van der Waals surface area contributed by atoms with Crippen molar-refractivity contribution in [1.29, 1.82) is 0 Å². The van der Waals surface area contributed by atoms with Crippen molar-refractivity contribution in [2.75, 3.05) is 0 Å². The summed E-state index contributed by atoms with van der Waals surface area (Å²) in [5.74, 6) is -1.57. The van der Waals surface area contributed by atoms with Crippen molar-refractivity contribution in [1.82, 2.24) is 5.32 Å². The standard InChI is InChI=1S/C15H13NO3/c1-10(17)16-14(15(18)19)9-12-7-4-6-11-5-2-3-8-13(11)12/h2-9H,1H3,(H,16,17)(H,18,19). The fourth-order valence-corrected chi connectivity index (χ4v) is 1.87. The fourth-order valence-electron chi connectivity index (χ4n) is 1.87. The van der Waals surface area contributed by atoms with E-state index in [-0.39, 0.29) is 5.70 Å². The minimum Gasteiger partial charge on any atom is -0.477 e. The van der Waals surface area contributed by atoms with E-state index >= 15 is 0 Å². The SMILES string of the molecule is CC(=O)NC(=Cc1cccc2ccccc12)C(=O)O. The van der Waals surface area contributed by atoms with Gasteiger partial charge in [0, 0.05) is 6.92 Å². The van der Waals surface area contributed by atoms with Crippen LogP contribution >= 0.6 is 0 Å². The van der Waals surface area contributed by atoms with Gasteiger partial charge in [0.2, 0.25) is 5.91 Å². The lowest BCUT2D eigenvalue weighted by Gasteiger charge is -2.05. The number of aliphatic carboxylic acids is 1. The predicted molar refractivity (Wildman–Crippen MR) is 73.4 cm³/mol.